The smallest absolute Gasteiger partial charge is 0.237 e. The average molecular weight is 301 g/mol. The number of aliphatic hydroxyl groups is 1. The fourth-order valence-electron chi connectivity index (χ4n) is 2.03. The predicted molar refractivity (Wildman–Crippen MR) is 79.2 cm³/mol. The molecular formula is C14H21ClN2O3. The first-order chi connectivity index (χ1) is 9.25. The molecule has 0 bridgehead atoms. The summed E-state index contributed by atoms with van der Waals surface area (Å²) in [6.07, 6.45) is 0.847. The molecule has 0 radical (unpaired) electrons. The fourth-order valence-corrected chi connectivity index (χ4v) is 2.03. The van der Waals surface area contributed by atoms with Gasteiger partial charge in [0, 0.05) is 13.1 Å². The molecule has 1 aromatic rings. The lowest BCUT2D eigenvalue weighted by Crippen LogP contribution is -2.40. The van der Waals surface area contributed by atoms with Crippen molar-refractivity contribution in [1.29, 1.82) is 0 Å². The van der Waals surface area contributed by atoms with Gasteiger partial charge in [-0.1, -0.05) is 18.2 Å². The molecule has 2 atom stereocenters. The standard InChI is InChI=1S/C14H20N2O3.ClH/c17-11-9-13(16-10-11)14(18)15-7-4-8-19-12-5-2-1-3-6-12;/h1-3,5-6,11,13,16-17H,4,7-10H2,(H,15,18);1H. The maximum Gasteiger partial charge on any atom is 0.237 e. The third-order valence-electron chi connectivity index (χ3n) is 3.06. The van der Waals surface area contributed by atoms with Gasteiger partial charge < -0.3 is 20.5 Å². The molecule has 1 amide bonds. The maximum atomic E-state index is 11.7. The van der Waals surface area contributed by atoms with E-state index in [1.807, 2.05) is 30.3 Å². The highest BCUT2D eigenvalue weighted by Crippen LogP contribution is 2.08. The second-order valence-corrected chi connectivity index (χ2v) is 4.66. The van der Waals surface area contributed by atoms with E-state index in [2.05, 4.69) is 10.6 Å². The molecular weight excluding hydrogens is 280 g/mol. The van der Waals surface area contributed by atoms with E-state index in [0.29, 0.717) is 26.1 Å². The van der Waals surface area contributed by atoms with E-state index in [1.54, 1.807) is 0 Å². The summed E-state index contributed by atoms with van der Waals surface area (Å²) < 4.78 is 5.52. The molecule has 1 saturated heterocycles. The van der Waals surface area contributed by atoms with Crippen molar-refractivity contribution in [2.45, 2.75) is 25.0 Å². The Morgan fingerprint density at radius 1 is 1.40 bits per heavy atom. The summed E-state index contributed by atoms with van der Waals surface area (Å²) in [5.41, 5.74) is 0. The van der Waals surface area contributed by atoms with Gasteiger partial charge in [0.1, 0.15) is 5.75 Å². The molecule has 0 aromatic heterocycles. The Balaban J connectivity index is 0.00000200. The summed E-state index contributed by atoms with van der Waals surface area (Å²) in [4.78, 5) is 11.7. The van der Waals surface area contributed by atoms with Gasteiger partial charge in [-0.2, -0.15) is 0 Å². The van der Waals surface area contributed by atoms with Crippen LogP contribution in [0.4, 0.5) is 0 Å². The number of rotatable bonds is 6. The average Bonchev–Trinajstić information content (AvgIpc) is 2.86. The van der Waals surface area contributed by atoms with Crippen molar-refractivity contribution in [3.63, 3.8) is 0 Å². The number of carbonyl (C=O) groups excluding carboxylic acids is 1. The number of para-hydroxylation sites is 1. The van der Waals surface area contributed by atoms with Crippen molar-refractivity contribution in [1.82, 2.24) is 10.6 Å². The van der Waals surface area contributed by atoms with Crippen molar-refractivity contribution in [2.24, 2.45) is 0 Å². The van der Waals surface area contributed by atoms with E-state index in [0.717, 1.165) is 12.2 Å². The topological polar surface area (TPSA) is 70.6 Å². The minimum Gasteiger partial charge on any atom is -0.494 e. The van der Waals surface area contributed by atoms with Gasteiger partial charge in [-0.15, -0.1) is 12.4 Å². The Kier molecular flexibility index (Phi) is 7.36. The van der Waals surface area contributed by atoms with Crippen LogP contribution in [0, 0.1) is 0 Å². The van der Waals surface area contributed by atoms with Crippen LogP contribution in [0.1, 0.15) is 12.8 Å². The van der Waals surface area contributed by atoms with Crippen molar-refractivity contribution >= 4 is 18.3 Å². The quantitative estimate of drug-likeness (QED) is 0.677. The first-order valence-electron chi connectivity index (χ1n) is 6.63. The second kappa shape index (κ2) is 8.79. The monoisotopic (exact) mass is 300 g/mol. The number of nitrogens with one attached hydrogen (secondary N) is 2. The van der Waals surface area contributed by atoms with E-state index >= 15 is 0 Å². The molecule has 112 valence electrons. The summed E-state index contributed by atoms with van der Waals surface area (Å²) in [7, 11) is 0. The van der Waals surface area contributed by atoms with Crippen LogP contribution >= 0.6 is 12.4 Å². The van der Waals surface area contributed by atoms with Gasteiger partial charge >= 0.3 is 0 Å². The first kappa shape index (κ1) is 16.8. The van der Waals surface area contributed by atoms with Gasteiger partial charge in [-0.3, -0.25) is 4.79 Å². The predicted octanol–water partition coefficient (Wildman–Crippen LogP) is 0.716. The number of amides is 1. The zero-order valence-corrected chi connectivity index (χ0v) is 12.1. The van der Waals surface area contributed by atoms with E-state index in [4.69, 9.17) is 4.74 Å². The lowest BCUT2D eigenvalue weighted by Gasteiger charge is -2.11. The lowest BCUT2D eigenvalue weighted by atomic mass is 10.2. The zero-order valence-electron chi connectivity index (χ0n) is 11.2. The number of halogens is 1. The third kappa shape index (κ3) is 5.36. The number of aliphatic hydroxyl groups excluding tert-OH is 1. The molecule has 2 rings (SSSR count). The minimum atomic E-state index is -0.405. The van der Waals surface area contributed by atoms with E-state index < -0.39 is 6.10 Å². The molecule has 2 unspecified atom stereocenters. The molecule has 0 saturated carbocycles. The van der Waals surface area contributed by atoms with Crippen LogP contribution in [0.3, 0.4) is 0 Å². The highest BCUT2D eigenvalue weighted by atomic mass is 35.5. The van der Waals surface area contributed by atoms with Gasteiger partial charge in [0.15, 0.2) is 0 Å². The molecule has 1 aliphatic heterocycles. The van der Waals surface area contributed by atoms with Crippen molar-refractivity contribution in [2.75, 3.05) is 19.7 Å². The molecule has 3 N–H and O–H groups in total. The number of benzene rings is 1. The van der Waals surface area contributed by atoms with E-state index in [-0.39, 0.29) is 24.4 Å². The van der Waals surface area contributed by atoms with Crippen LogP contribution in [0.2, 0.25) is 0 Å². The largest absolute Gasteiger partial charge is 0.494 e. The van der Waals surface area contributed by atoms with Crippen molar-refractivity contribution in [3.8, 4) is 5.75 Å². The Hall–Kier alpha value is -1.30. The molecule has 20 heavy (non-hydrogen) atoms. The normalized spacial score (nSPS) is 21.1. The van der Waals surface area contributed by atoms with Crippen molar-refractivity contribution in [3.05, 3.63) is 30.3 Å². The van der Waals surface area contributed by atoms with E-state index in [9.17, 15) is 9.90 Å². The summed E-state index contributed by atoms with van der Waals surface area (Å²) in [5.74, 6) is 0.797. The molecule has 1 heterocycles. The highest BCUT2D eigenvalue weighted by molar-refractivity contribution is 5.85. The van der Waals surface area contributed by atoms with Gasteiger partial charge in [-0.25, -0.2) is 0 Å². The highest BCUT2D eigenvalue weighted by Gasteiger charge is 2.27. The van der Waals surface area contributed by atoms with Crippen molar-refractivity contribution < 1.29 is 14.6 Å². The van der Waals surface area contributed by atoms with Crippen LogP contribution in [0.25, 0.3) is 0 Å². The molecule has 1 fully saturated rings. The molecule has 6 heteroatoms. The number of β-amino-alcohol motifs (C(OH)–C–C–N with tert-alkyl or cyclic N) is 1. The Morgan fingerprint density at radius 3 is 2.80 bits per heavy atom. The molecule has 1 aromatic carbocycles. The Bertz CT molecular complexity index is 403. The number of carbonyl (C=O) groups is 1. The molecule has 1 aliphatic rings. The third-order valence-corrected chi connectivity index (χ3v) is 3.06. The SMILES string of the molecule is Cl.O=C(NCCCOc1ccccc1)C1CC(O)CN1. The minimum absolute atomic E-state index is 0. The Morgan fingerprint density at radius 2 is 2.15 bits per heavy atom. The number of hydrogen-bond donors (Lipinski definition) is 3. The first-order valence-corrected chi connectivity index (χ1v) is 6.63. The Labute approximate surface area is 125 Å². The zero-order chi connectivity index (χ0) is 13.5. The fraction of sp³-hybridized carbons (Fsp3) is 0.500. The van der Waals surface area contributed by atoms with Gasteiger partial charge in [-0.05, 0) is 25.0 Å². The van der Waals surface area contributed by atoms with Crippen LogP contribution < -0.4 is 15.4 Å². The summed E-state index contributed by atoms with van der Waals surface area (Å²) in [6, 6.07) is 9.34. The summed E-state index contributed by atoms with van der Waals surface area (Å²) in [5, 5.41) is 15.1. The van der Waals surface area contributed by atoms with Gasteiger partial charge in [0.2, 0.25) is 5.91 Å². The molecule has 5 nitrogen and oxygen atoms in total. The van der Waals surface area contributed by atoms with Gasteiger partial charge in [0.05, 0.1) is 18.8 Å². The van der Waals surface area contributed by atoms with Crippen LogP contribution in [0.15, 0.2) is 30.3 Å². The van der Waals surface area contributed by atoms with E-state index in [1.165, 1.54) is 0 Å². The number of hydrogen-bond acceptors (Lipinski definition) is 4. The summed E-state index contributed by atoms with van der Waals surface area (Å²) in [6.45, 7) is 1.65. The van der Waals surface area contributed by atoms with Gasteiger partial charge in [0.25, 0.3) is 0 Å². The summed E-state index contributed by atoms with van der Waals surface area (Å²) >= 11 is 0. The second-order valence-electron chi connectivity index (χ2n) is 4.66. The molecule has 0 spiro atoms. The van der Waals surface area contributed by atoms with Crippen LogP contribution in [-0.2, 0) is 4.79 Å². The van der Waals surface area contributed by atoms with Crippen LogP contribution in [0.5, 0.6) is 5.75 Å². The molecule has 0 aliphatic carbocycles. The van der Waals surface area contributed by atoms with Crippen LogP contribution in [-0.4, -0.2) is 42.9 Å². The lowest BCUT2D eigenvalue weighted by molar-refractivity contribution is -0.122. The number of ether oxygens (including phenoxy) is 1. The maximum absolute atomic E-state index is 11.7.